The summed E-state index contributed by atoms with van der Waals surface area (Å²) in [6, 6.07) is 12.2. The second-order valence-electron chi connectivity index (χ2n) is 9.35. The molecule has 39 heavy (non-hydrogen) atoms. The zero-order valence-electron chi connectivity index (χ0n) is 21.8. The number of ether oxygens (including phenoxy) is 1. The third kappa shape index (κ3) is 6.96. The number of hydrogen-bond donors (Lipinski definition) is 2. The van der Waals surface area contributed by atoms with Gasteiger partial charge in [-0.3, -0.25) is 9.78 Å². The van der Waals surface area contributed by atoms with Crippen LogP contribution in [0.15, 0.2) is 67.1 Å². The van der Waals surface area contributed by atoms with Gasteiger partial charge in [0, 0.05) is 36.1 Å². The molecule has 0 spiro atoms. The predicted octanol–water partition coefficient (Wildman–Crippen LogP) is 8.00. The molecule has 4 aromatic rings. The first-order valence-corrected chi connectivity index (χ1v) is 13.1. The predicted molar refractivity (Wildman–Crippen MR) is 143 cm³/mol. The minimum Gasteiger partial charge on any atom is -0.406 e. The van der Waals surface area contributed by atoms with E-state index in [4.69, 9.17) is 0 Å². The molecule has 2 aromatic heterocycles. The second kappa shape index (κ2) is 12.3. The van der Waals surface area contributed by atoms with Crippen LogP contribution >= 0.6 is 0 Å². The van der Waals surface area contributed by atoms with Gasteiger partial charge in [0.15, 0.2) is 0 Å². The van der Waals surface area contributed by atoms with Crippen molar-refractivity contribution >= 4 is 16.8 Å². The zero-order chi connectivity index (χ0) is 28.0. The number of H-pyrrole nitrogens is 1. The van der Waals surface area contributed by atoms with E-state index in [0.717, 1.165) is 42.1 Å². The maximum atomic E-state index is 13.8. The Labute approximate surface area is 224 Å². The van der Waals surface area contributed by atoms with E-state index < -0.39 is 6.36 Å². The molecule has 9 heteroatoms. The molecule has 206 valence electrons. The number of hydrogen-bond acceptors (Lipinski definition) is 3. The topological polar surface area (TPSA) is 67.0 Å². The molecule has 1 fully saturated rings. The van der Waals surface area contributed by atoms with Crippen molar-refractivity contribution in [2.45, 2.75) is 51.8 Å². The van der Waals surface area contributed by atoms with Gasteiger partial charge in [-0.1, -0.05) is 26.0 Å². The van der Waals surface area contributed by atoms with Crippen LogP contribution in [0.4, 0.5) is 17.6 Å². The molecular formula is C30H31F4N3O2. The van der Waals surface area contributed by atoms with Crippen LogP contribution in [0.5, 0.6) is 5.75 Å². The lowest BCUT2D eigenvalue weighted by Crippen LogP contribution is -2.31. The number of alkyl halides is 3. The largest absolute Gasteiger partial charge is 0.573 e. The third-order valence-corrected chi connectivity index (χ3v) is 6.94. The lowest BCUT2D eigenvalue weighted by molar-refractivity contribution is -0.274. The van der Waals surface area contributed by atoms with Gasteiger partial charge in [0.2, 0.25) is 0 Å². The van der Waals surface area contributed by atoms with Crippen molar-refractivity contribution < 1.29 is 27.1 Å². The molecule has 1 saturated carbocycles. The van der Waals surface area contributed by atoms with Crippen LogP contribution in [0.3, 0.4) is 0 Å². The Morgan fingerprint density at radius 3 is 2.56 bits per heavy atom. The molecule has 1 amide bonds. The molecule has 2 aromatic carbocycles. The number of halogens is 4. The Balaban J connectivity index is 0.00000172. The van der Waals surface area contributed by atoms with Gasteiger partial charge in [-0.05, 0) is 85.0 Å². The van der Waals surface area contributed by atoms with E-state index in [1.165, 1.54) is 30.5 Å². The van der Waals surface area contributed by atoms with Gasteiger partial charge in [0.05, 0.1) is 11.1 Å². The van der Waals surface area contributed by atoms with E-state index in [-0.39, 0.29) is 17.5 Å². The van der Waals surface area contributed by atoms with Crippen molar-refractivity contribution in [2.75, 3.05) is 6.54 Å². The Morgan fingerprint density at radius 2 is 1.82 bits per heavy atom. The summed E-state index contributed by atoms with van der Waals surface area (Å²) in [5, 5.41) is 3.83. The van der Waals surface area contributed by atoms with Gasteiger partial charge in [-0.2, -0.15) is 0 Å². The van der Waals surface area contributed by atoms with Crippen LogP contribution in [-0.4, -0.2) is 28.8 Å². The molecular weight excluding hydrogens is 510 g/mol. The maximum absolute atomic E-state index is 13.8. The van der Waals surface area contributed by atoms with Crippen molar-refractivity contribution in [3.8, 4) is 16.9 Å². The quantitative estimate of drug-likeness (QED) is 0.243. The summed E-state index contributed by atoms with van der Waals surface area (Å²) in [5.74, 6) is -0.310. The van der Waals surface area contributed by atoms with Gasteiger partial charge in [0.1, 0.15) is 11.6 Å². The standard InChI is InChI=1S/C28H25F4N3O2.C2H6/c29-20-8-9-26-23(13-20)22(10-11-34-26)18-6-4-17(5-7-18)14-35-27(36)25-16-33-15-24(25)19-2-1-3-21(12-19)37-28(30,31)32;1-2/h1-3,8-13,15-18,33H,4-7,14H2,(H,35,36);1-2H3. The molecule has 1 aliphatic rings. The number of nitrogens with zero attached hydrogens (tertiary/aromatic N) is 1. The van der Waals surface area contributed by atoms with Crippen LogP contribution in [0.1, 0.15) is 61.4 Å². The Bertz CT molecular complexity index is 1410. The first kappa shape index (κ1) is 28.1. The molecule has 2 N–H and O–H groups in total. The normalized spacial score (nSPS) is 17.3. The molecule has 5 rings (SSSR count). The Kier molecular flexibility index (Phi) is 8.89. The maximum Gasteiger partial charge on any atom is 0.573 e. The van der Waals surface area contributed by atoms with Gasteiger partial charge < -0.3 is 15.0 Å². The summed E-state index contributed by atoms with van der Waals surface area (Å²) in [5.41, 5.74) is 3.18. The van der Waals surface area contributed by atoms with E-state index in [2.05, 4.69) is 20.0 Å². The van der Waals surface area contributed by atoms with Gasteiger partial charge in [0.25, 0.3) is 5.91 Å². The molecule has 0 saturated heterocycles. The van der Waals surface area contributed by atoms with Crippen LogP contribution in [0.2, 0.25) is 0 Å². The minimum atomic E-state index is -4.79. The monoisotopic (exact) mass is 541 g/mol. The summed E-state index contributed by atoms with van der Waals surface area (Å²) in [4.78, 5) is 20.1. The number of aromatic nitrogens is 2. The average molecular weight is 542 g/mol. The molecule has 0 aliphatic heterocycles. The molecule has 0 unspecified atom stereocenters. The average Bonchev–Trinajstić information content (AvgIpc) is 3.42. The first-order valence-electron chi connectivity index (χ1n) is 13.1. The smallest absolute Gasteiger partial charge is 0.406 e. The summed E-state index contributed by atoms with van der Waals surface area (Å²) < 4.78 is 55.6. The van der Waals surface area contributed by atoms with Gasteiger partial charge in [-0.25, -0.2) is 4.39 Å². The number of pyridine rings is 1. The van der Waals surface area contributed by atoms with E-state index in [1.54, 1.807) is 30.6 Å². The van der Waals surface area contributed by atoms with Crippen molar-refractivity contribution in [1.82, 2.24) is 15.3 Å². The number of fused-ring (bicyclic) bond motifs is 1. The van der Waals surface area contributed by atoms with Gasteiger partial charge in [-0.15, -0.1) is 13.2 Å². The fourth-order valence-corrected chi connectivity index (χ4v) is 5.16. The zero-order valence-corrected chi connectivity index (χ0v) is 21.8. The van der Waals surface area contributed by atoms with Crippen LogP contribution in [0, 0.1) is 11.7 Å². The SMILES string of the molecule is CC.O=C(NCC1CCC(c2ccnc3ccc(F)cc23)CC1)c1c[nH]cc1-c1cccc(OC(F)(F)F)c1. The molecule has 1 aliphatic carbocycles. The molecule has 5 nitrogen and oxygen atoms in total. The second-order valence-corrected chi connectivity index (χ2v) is 9.35. The summed E-state index contributed by atoms with van der Waals surface area (Å²) in [6.07, 6.45) is 3.77. The number of carbonyl (C=O) groups excluding carboxylic acids is 1. The lowest BCUT2D eigenvalue weighted by atomic mass is 9.78. The van der Waals surface area contributed by atoms with Crippen molar-refractivity contribution in [2.24, 2.45) is 5.92 Å². The number of aromatic amines is 1. The van der Waals surface area contributed by atoms with E-state index in [1.807, 2.05) is 19.9 Å². The fourth-order valence-electron chi connectivity index (χ4n) is 5.16. The Morgan fingerprint density at radius 1 is 1.05 bits per heavy atom. The summed E-state index contributed by atoms with van der Waals surface area (Å²) in [6.45, 7) is 4.50. The fraction of sp³-hybridized carbons (Fsp3) is 0.333. The van der Waals surface area contributed by atoms with E-state index in [0.29, 0.717) is 35.1 Å². The lowest BCUT2D eigenvalue weighted by Gasteiger charge is -2.29. The number of nitrogens with one attached hydrogen (secondary N) is 2. The highest BCUT2D eigenvalue weighted by molar-refractivity contribution is 6.00. The molecule has 0 bridgehead atoms. The highest BCUT2D eigenvalue weighted by Crippen LogP contribution is 2.38. The molecule has 0 atom stereocenters. The van der Waals surface area contributed by atoms with E-state index in [9.17, 15) is 22.4 Å². The van der Waals surface area contributed by atoms with Gasteiger partial charge >= 0.3 is 6.36 Å². The number of amides is 1. The number of benzene rings is 2. The number of carbonyl (C=O) groups is 1. The minimum absolute atomic E-state index is 0.276. The van der Waals surface area contributed by atoms with Crippen LogP contribution < -0.4 is 10.1 Å². The Hall–Kier alpha value is -3.88. The highest BCUT2D eigenvalue weighted by Gasteiger charge is 2.31. The molecule has 2 heterocycles. The van der Waals surface area contributed by atoms with Crippen molar-refractivity contribution in [3.05, 3.63) is 84.1 Å². The first-order chi connectivity index (χ1) is 18.8. The highest BCUT2D eigenvalue weighted by atomic mass is 19.4. The van der Waals surface area contributed by atoms with Crippen molar-refractivity contribution in [3.63, 3.8) is 0 Å². The molecule has 0 radical (unpaired) electrons. The van der Waals surface area contributed by atoms with E-state index >= 15 is 0 Å². The number of rotatable bonds is 6. The van der Waals surface area contributed by atoms with Crippen LogP contribution in [0.25, 0.3) is 22.0 Å². The van der Waals surface area contributed by atoms with Crippen molar-refractivity contribution in [1.29, 1.82) is 0 Å². The van der Waals surface area contributed by atoms with Crippen LogP contribution in [-0.2, 0) is 0 Å². The third-order valence-electron chi connectivity index (χ3n) is 6.94. The summed E-state index contributed by atoms with van der Waals surface area (Å²) in [7, 11) is 0. The summed E-state index contributed by atoms with van der Waals surface area (Å²) >= 11 is 0.